The first-order chi connectivity index (χ1) is 11.0. The Morgan fingerprint density at radius 3 is 2.57 bits per heavy atom. The van der Waals surface area contributed by atoms with Gasteiger partial charge in [0.15, 0.2) is 0 Å². The van der Waals surface area contributed by atoms with Crippen LogP contribution in [0.3, 0.4) is 0 Å². The average Bonchev–Trinajstić information content (AvgIpc) is 2.84. The van der Waals surface area contributed by atoms with Gasteiger partial charge in [-0.1, -0.05) is 24.3 Å². The third kappa shape index (κ3) is 3.43. The van der Waals surface area contributed by atoms with E-state index in [0.717, 1.165) is 11.1 Å². The molecule has 1 unspecified atom stereocenters. The number of hydrogen-bond donors (Lipinski definition) is 3. The molecular weight excluding hydrogens is 312 g/mol. The number of fused-ring (bicyclic) bond motifs is 1. The van der Waals surface area contributed by atoms with Crippen molar-refractivity contribution < 1.29 is 14.1 Å². The molecule has 3 atom stereocenters. The van der Waals surface area contributed by atoms with Crippen molar-refractivity contribution in [2.75, 3.05) is 11.6 Å². The molecule has 2 amide bonds. The number of aliphatic hydroxyl groups excluding tert-OH is 1. The highest BCUT2D eigenvalue weighted by atomic mass is 32.2. The van der Waals surface area contributed by atoms with Gasteiger partial charge in [0.1, 0.15) is 0 Å². The fourth-order valence-electron chi connectivity index (χ4n) is 2.79. The predicted octanol–water partition coefficient (Wildman–Crippen LogP) is 2.20. The standard InChI is InChI=1S/C17H18N2O3S/c1-23(22)13-8-6-12(7-9-13)18-17(21)19-16-14-5-3-2-4-11(14)10-15(16)20/h2-9,15-16,20H,10H2,1H3,(H2,18,19,21)/t15-,16+,23?/m1/s1. The van der Waals surface area contributed by atoms with E-state index in [-0.39, 0.29) is 6.03 Å². The lowest BCUT2D eigenvalue weighted by Gasteiger charge is -2.18. The number of benzene rings is 2. The number of nitrogens with one attached hydrogen (secondary N) is 2. The molecule has 3 N–H and O–H groups in total. The predicted molar refractivity (Wildman–Crippen MR) is 89.8 cm³/mol. The highest BCUT2D eigenvalue weighted by molar-refractivity contribution is 7.84. The van der Waals surface area contributed by atoms with Crippen LogP contribution in [0.15, 0.2) is 53.4 Å². The Morgan fingerprint density at radius 2 is 1.87 bits per heavy atom. The summed E-state index contributed by atoms with van der Waals surface area (Å²) >= 11 is 0. The molecule has 1 aliphatic rings. The molecule has 23 heavy (non-hydrogen) atoms. The lowest BCUT2D eigenvalue weighted by atomic mass is 10.1. The SMILES string of the molecule is CS(=O)c1ccc(NC(=O)N[C@H]2c3ccccc3C[C@H]2O)cc1. The van der Waals surface area contributed by atoms with E-state index < -0.39 is 22.9 Å². The highest BCUT2D eigenvalue weighted by Gasteiger charge is 2.31. The maximum Gasteiger partial charge on any atom is 0.319 e. The average molecular weight is 330 g/mol. The smallest absolute Gasteiger partial charge is 0.319 e. The van der Waals surface area contributed by atoms with Crippen LogP contribution in [0.5, 0.6) is 0 Å². The number of aliphatic hydroxyl groups is 1. The van der Waals surface area contributed by atoms with E-state index >= 15 is 0 Å². The van der Waals surface area contributed by atoms with E-state index in [0.29, 0.717) is 17.0 Å². The van der Waals surface area contributed by atoms with E-state index in [2.05, 4.69) is 10.6 Å². The largest absolute Gasteiger partial charge is 0.390 e. The van der Waals surface area contributed by atoms with Gasteiger partial charge in [-0.15, -0.1) is 0 Å². The van der Waals surface area contributed by atoms with Crippen LogP contribution in [0.2, 0.25) is 0 Å². The third-order valence-electron chi connectivity index (χ3n) is 3.93. The van der Waals surface area contributed by atoms with Gasteiger partial charge in [0, 0.05) is 34.1 Å². The summed E-state index contributed by atoms with van der Waals surface area (Å²) in [5, 5.41) is 15.7. The van der Waals surface area contributed by atoms with E-state index in [1.54, 1.807) is 30.5 Å². The number of carbonyl (C=O) groups is 1. The van der Waals surface area contributed by atoms with Crippen LogP contribution in [0.25, 0.3) is 0 Å². The van der Waals surface area contributed by atoms with E-state index in [1.165, 1.54) is 0 Å². The van der Waals surface area contributed by atoms with Crippen molar-refractivity contribution >= 4 is 22.5 Å². The molecule has 1 aliphatic carbocycles. The van der Waals surface area contributed by atoms with Crippen molar-refractivity contribution in [3.8, 4) is 0 Å². The molecule has 0 aliphatic heterocycles. The number of rotatable bonds is 3. The maximum absolute atomic E-state index is 12.1. The number of anilines is 1. The maximum atomic E-state index is 12.1. The van der Waals surface area contributed by atoms with Crippen LogP contribution in [0.4, 0.5) is 10.5 Å². The first kappa shape index (κ1) is 15.7. The monoisotopic (exact) mass is 330 g/mol. The van der Waals surface area contributed by atoms with Crippen molar-refractivity contribution in [3.63, 3.8) is 0 Å². The van der Waals surface area contributed by atoms with Gasteiger partial charge in [-0.05, 0) is 35.4 Å². The van der Waals surface area contributed by atoms with Crippen LogP contribution in [-0.4, -0.2) is 27.7 Å². The molecule has 6 heteroatoms. The van der Waals surface area contributed by atoms with Crippen molar-refractivity contribution in [2.45, 2.75) is 23.5 Å². The first-order valence-corrected chi connectivity index (χ1v) is 8.87. The molecule has 0 heterocycles. The second-order valence-corrected chi connectivity index (χ2v) is 6.90. The summed E-state index contributed by atoms with van der Waals surface area (Å²) < 4.78 is 11.3. The fourth-order valence-corrected chi connectivity index (χ4v) is 3.31. The van der Waals surface area contributed by atoms with Gasteiger partial charge in [-0.2, -0.15) is 0 Å². The van der Waals surface area contributed by atoms with Gasteiger partial charge < -0.3 is 15.7 Å². The van der Waals surface area contributed by atoms with Crippen LogP contribution in [0.1, 0.15) is 17.2 Å². The second kappa shape index (κ2) is 6.52. The van der Waals surface area contributed by atoms with Crippen molar-refractivity contribution in [1.29, 1.82) is 0 Å². The Balaban J connectivity index is 1.67. The molecule has 0 saturated heterocycles. The highest BCUT2D eigenvalue weighted by Crippen LogP contribution is 2.31. The molecule has 0 saturated carbocycles. The van der Waals surface area contributed by atoms with Crippen LogP contribution in [0, 0.1) is 0 Å². The molecule has 0 radical (unpaired) electrons. The zero-order valence-corrected chi connectivity index (χ0v) is 13.5. The van der Waals surface area contributed by atoms with Crippen molar-refractivity contribution in [2.24, 2.45) is 0 Å². The molecule has 0 aromatic heterocycles. The molecule has 120 valence electrons. The van der Waals surface area contributed by atoms with Gasteiger partial charge in [-0.25, -0.2) is 4.79 Å². The van der Waals surface area contributed by atoms with Gasteiger partial charge in [-0.3, -0.25) is 4.21 Å². The lowest BCUT2D eigenvalue weighted by Crippen LogP contribution is -2.36. The topological polar surface area (TPSA) is 78.4 Å². The van der Waals surface area contributed by atoms with Crippen molar-refractivity contribution in [3.05, 3.63) is 59.7 Å². The summed E-state index contributed by atoms with van der Waals surface area (Å²) in [5.41, 5.74) is 2.62. The van der Waals surface area contributed by atoms with Gasteiger partial charge >= 0.3 is 6.03 Å². The summed E-state index contributed by atoms with van der Waals surface area (Å²) in [4.78, 5) is 12.9. The Bertz CT molecular complexity index is 746. The van der Waals surface area contributed by atoms with Crippen LogP contribution < -0.4 is 10.6 Å². The second-order valence-electron chi connectivity index (χ2n) is 5.52. The third-order valence-corrected chi connectivity index (χ3v) is 4.87. The quantitative estimate of drug-likeness (QED) is 0.807. The Labute approximate surface area is 137 Å². The van der Waals surface area contributed by atoms with Gasteiger partial charge in [0.2, 0.25) is 0 Å². The molecular formula is C17H18N2O3S. The minimum absolute atomic E-state index is 0.379. The Morgan fingerprint density at radius 1 is 1.17 bits per heavy atom. The van der Waals surface area contributed by atoms with E-state index in [4.69, 9.17) is 0 Å². The number of hydrogen-bond acceptors (Lipinski definition) is 3. The normalized spacial score (nSPS) is 20.6. The van der Waals surface area contributed by atoms with Crippen molar-refractivity contribution in [1.82, 2.24) is 5.32 Å². The lowest BCUT2D eigenvalue weighted by molar-refractivity contribution is 0.144. The molecule has 5 nitrogen and oxygen atoms in total. The van der Waals surface area contributed by atoms with Gasteiger partial charge in [0.25, 0.3) is 0 Å². The van der Waals surface area contributed by atoms with E-state index in [1.807, 2.05) is 24.3 Å². The molecule has 0 fully saturated rings. The molecule has 2 aromatic carbocycles. The molecule has 0 spiro atoms. The minimum atomic E-state index is -1.04. The zero-order valence-electron chi connectivity index (χ0n) is 12.7. The van der Waals surface area contributed by atoms with Crippen LogP contribution >= 0.6 is 0 Å². The summed E-state index contributed by atoms with van der Waals surface area (Å²) in [6.45, 7) is 0. The Kier molecular flexibility index (Phi) is 4.45. The Hall–Kier alpha value is -2.18. The fraction of sp³-hybridized carbons (Fsp3) is 0.235. The zero-order chi connectivity index (χ0) is 16.4. The summed E-state index contributed by atoms with van der Waals surface area (Å²) in [5.74, 6) is 0. The minimum Gasteiger partial charge on any atom is -0.390 e. The number of amides is 2. The molecule has 2 aromatic rings. The van der Waals surface area contributed by atoms with Crippen LogP contribution in [-0.2, 0) is 17.2 Å². The summed E-state index contributed by atoms with van der Waals surface area (Å²) in [6.07, 6.45) is 1.52. The number of urea groups is 1. The van der Waals surface area contributed by atoms with E-state index in [9.17, 15) is 14.1 Å². The molecule has 0 bridgehead atoms. The first-order valence-electron chi connectivity index (χ1n) is 7.31. The summed E-state index contributed by atoms with van der Waals surface area (Å²) in [6, 6.07) is 13.7. The van der Waals surface area contributed by atoms with Gasteiger partial charge in [0.05, 0.1) is 12.1 Å². The summed E-state index contributed by atoms with van der Waals surface area (Å²) in [7, 11) is -1.04. The number of carbonyl (C=O) groups excluding carboxylic acids is 1. The molecule has 3 rings (SSSR count).